The first kappa shape index (κ1) is 18.8. The van der Waals surface area contributed by atoms with Gasteiger partial charge >= 0.3 is 0 Å². The van der Waals surface area contributed by atoms with Gasteiger partial charge in [0.15, 0.2) is 11.5 Å². The average molecular weight is 397 g/mol. The van der Waals surface area contributed by atoms with Crippen molar-refractivity contribution >= 4 is 28.2 Å². The fraction of sp³-hybridized carbons (Fsp3) is 0.318. The van der Waals surface area contributed by atoms with Gasteiger partial charge in [-0.2, -0.15) is 0 Å². The van der Waals surface area contributed by atoms with Crippen LogP contribution in [-0.4, -0.2) is 36.8 Å². The number of phenolic OH excluding ortho intramolecular Hbond substituents is 1. The number of nitrogens with zero attached hydrogens (tertiary/aromatic N) is 1. The molecule has 5 nitrogen and oxygen atoms in total. The average Bonchev–Trinajstić information content (AvgIpc) is 2.74. The minimum Gasteiger partial charge on any atom is -0.503 e. The molecular weight excluding hydrogens is 374 g/mol. The van der Waals surface area contributed by atoms with Crippen molar-refractivity contribution in [2.45, 2.75) is 12.8 Å². The third-order valence-corrected chi connectivity index (χ3v) is 5.57. The highest BCUT2D eigenvalue weighted by molar-refractivity contribution is 6.32. The van der Waals surface area contributed by atoms with Crippen LogP contribution in [0.5, 0.6) is 11.5 Å². The molecule has 3 aromatic rings. The molecule has 1 radical (unpaired) electrons. The maximum Gasteiger partial charge on any atom is 0.176 e. The molecule has 0 aliphatic carbocycles. The number of hydrogen-bond acceptors (Lipinski definition) is 5. The molecule has 28 heavy (non-hydrogen) atoms. The van der Waals surface area contributed by atoms with Crippen LogP contribution in [0.15, 0.2) is 36.5 Å². The summed E-state index contributed by atoms with van der Waals surface area (Å²) < 4.78 is 5.23. The van der Waals surface area contributed by atoms with Gasteiger partial charge in [0.1, 0.15) is 0 Å². The Morgan fingerprint density at radius 3 is 2.86 bits per heavy atom. The fourth-order valence-electron chi connectivity index (χ4n) is 3.65. The number of anilines is 1. The number of piperidine rings is 1. The lowest BCUT2D eigenvalue weighted by molar-refractivity contribution is 0.374. The third kappa shape index (κ3) is 3.86. The summed E-state index contributed by atoms with van der Waals surface area (Å²) in [5, 5.41) is 18.2. The van der Waals surface area contributed by atoms with E-state index in [0.717, 1.165) is 47.4 Å². The highest BCUT2D eigenvalue weighted by Crippen LogP contribution is 2.39. The second-order valence-electron chi connectivity index (χ2n) is 7.09. The van der Waals surface area contributed by atoms with Crippen LogP contribution in [0.3, 0.4) is 0 Å². The number of nitrogens with one attached hydrogen (secondary N) is 2. The summed E-state index contributed by atoms with van der Waals surface area (Å²) in [6.07, 6.45) is 4.09. The number of pyridine rings is 1. The van der Waals surface area contributed by atoms with Gasteiger partial charge in [-0.1, -0.05) is 17.7 Å². The summed E-state index contributed by atoms with van der Waals surface area (Å²) in [4.78, 5) is 4.44. The molecule has 2 heterocycles. The molecule has 0 amide bonds. The smallest absolute Gasteiger partial charge is 0.176 e. The number of methoxy groups -OCH3 is 1. The lowest BCUT2D eigenvalue weighted by atomic mass is 9.98. The first-order valence-electron chi connectivity index (χ1n) is 9.47. The van der Waals surface area contributed by atoms with Gasteiger partial charge in [-0.25, -0.2) is 0 Å². The topological polar surface area (TPSA) is 66.4 Å². The molecule has 1 saturated heterocycles. The minimum atomic E-state index is -0.0481. The number of phenols is 1. The first-order chi connectivity index (χ1) is 13.7. The van der Waals surface area contributed by atoms with Gasteiger partial charge in [0.25, 0.3) is 0 Å². The van der Waals surface area contributed by atoms with Gasteiger partial charge in [0.2, 0.25) is 0 Å². The first-order valence-corrected chi connectivity index (χ1v) is 9.85. The molecule has 4 rings (SSSR count). The van der Waals surface area contributed by atoms with Crippen molar-refractivity contribution in [2.24, 2.45) is 5.92 Å². The van der Waals surface area contributed by atoms with Crippen LogP contribution < -0.4 is 15.4 Å². The van der Waals surface area contributed by atoms with Crippen molar-refractivity contribution in [3.05, 3.63) is 47.6 Å². The molecule has 3 N–H and O–H groups in total. The van der Waals surface area contributed by atoms with E-state index in [-0.39, 0.29) is 10.8 Å². The Bertz CT molecular complexity index is 987. The van der Waals surface area contributed by atoms with E-state index >= 15 is 0 Å². The number of benzene rings is 2. The van der Waals surface area contributed by atoms with Crippen molar-refractivity contribution in [1.29, 1.82) is 0 Å². The molecule has 1 aliphatic heterocycles. The number of aromatic hydroxyl groups is 1. The zero-order valence-electron chi connectivity index (χ0n) is 15.8. The SMILES string of the molecule is COc1cc(-c2ccc3nc[c]c(NCC4CCNCC4)c3c2)cc(Cl)c1O. The van der Waals surface area contributed by atoms with E-state index in [4.69, 9.17) is 16.3 Å². The molecule has 0 bridgehead atoms. The number of halogens is 1. The fourth-order valence-corrected chi connectivity index (χ4v) is 3.86. The Morgan fingerprint density at radius 2 is 2.07 bits per heavy atom. The van der Waals surface area contributed by atoms with Crippen LogP contribution in [0.2, 0.25) is 5.02 Å². The maximum atomic E-state index is 9.99. The monoisotopic (exact) mass is 396 g/mol. The van der Waals surface area contributed by atoms with Gasteiger partial charge in [0.05, 0.1) is 23.3 Å². The van der Waals surface area contributed by atoms with E-state index < -0.39 is 0 Å². The number of fused-ring (bicyclic) bond motifs is 1. The summed E-state index contributed by atoms with van der Waals surface area (Å²) in [6.45, 7) is 3.10. The summed E-state index contributed by atoms with van der Waals surface area (Å²) >= 11 is 6.17. The quantitative estimate of drug-likeness (QED) is 0.593. The standard InChI is InChI=1S/C22H23ClN3O2/c1-28-21-12-16(11-18(23)22(21)27)15-2-3-19-17(10-15)20(6-9-25-19)26-13-14-4-7-24-8-5-14/h2-3,9-12,14,24,27H,4-5,7-8,13H2,1H3,(H,25,26). The molecule has 0 saturated carbocycles. The normalized spacial score (nSPS) is 14.9. The Labute approximate surface area is 169 Å². The Kier molecular flexibility index (Phi) is 5.55. The number of aromatic nitrogens is 1. The van der Waals surface area contributed by atoms with Crippen molar-refractivity contribution in [2.75, 3.05) is 32.1 Å². The summed E-state index contributed by atoms with van der Waals surface area (Å²) in [6, 6.07) is 12.8. The second-order valence-corrected chi connectivity index (χ2v) is 7.50. The highest BCUT2D eigenvalue weighted by atomic mass is 35.5. The lowest BCUT2D eigenvalue weighted by Gasteiger charge is -2.23. The van der Waals surface area contributed by atoms with Crippen molar-refractivity contribution < 1.29 is 9.84 Å². The summed E-state index contributed by atoms with van der Waals surface area (Å²) in [5.41, 5.74) is 3.71. The van der Waals surface area contributed by atoms with Gasteiger partial charge in [-0.05, 0) is 67.2 Å². The molecule has 0 unspecified atom stereocenters. The minimum absolute atomic E-state index is 0.0481. The molecule has 145 valence electrons. The molecule has 6 heteroatoms. The molecule has 1 aromatic heterocycles. The molecule has 0 spiro atoms. The van der Waals surface area contributed by atoms with E-state index in [1.165, 1.54) is 20.0 Å². The van der Waals surface area contributed by atoms with E-state index in [1.54, 1.807) is 18.3 Å². The second kappa shape index (κ2) is 8.25. The van der Waals surface area contributed by atoms with Crippen molar-refractivity contribution in [3.8, 4) is 22.6 Å². The third-order valence-electron chi connectivity index (χ3n) is 5.29. The predicted molar refractivity (Wildman–Crippen MR) is 113 cm³/mol. The van der Waals surface area contributed by atoms with Crippen molar-refractivity contribution in [3.63, 3.8) is 0 Å². The predicted octanol–water partition coefficient (Wildman–Crippen LogP) is 4.48. The molecular formula is C22H23ClN3O2. The maximum absolute atomic E-state index is 9.99. The molecule has 0 atom stereocenters. The zero-order valence-corrected chi connectivity index (χ0v) is 16.5. The number of ether oxygens (including phenoxy) is 1. The zero-order chi connectivity index (χ0) is 19.5. The van der Waals surface area contributed by atoms with Crippen molar-refractivity contribution in [1.82, 2.24) is 10.3 Å². The van der Waals surface area contributed by atoms with Gasteiger partial charge < -0.3 is 20.5 Å². The van der Waals surface area contributed by atoms with Crippen LogP contribution in [-0.2, 0) is 0 Å². The molecule has 1 fully saturated rings. The van der Waals surface area contributed by atoms with Gasteiger partial charge in [0, 0.05) is 24.2 Å². The van der Waals surface area contributed by atoms with E-state index in [0.29, 0.717) is 11.7 Å². The van der Waals surface area contributed by atoms with Gasteiger partial charge in [-0.15, -0.1) is 0 Å². The van der Waals surface area contributed by atoms with Crippen LogP contribution in [0.1, 0.15) is 12.8 Å². The summed E-state index contributed by atoms with van der Waals surface area (Å²) in [7, 11) is 1.51. The Hall–Kier alpha value is -2.50. The van der Waals surface area contributed by atoms with Crippen LogP contribution in [0, 0.1) is 12.0 Å². The summed E-state index contributed by atoms with van der Waals surface area (Å²) in [5.74, 6) is 0.971. The lowest BCUT2D eigenvalue weighted by Crippen LogP contribution is -2.31. The van der Waals surface area contributed by atoms with E-state index in [1.807, 2.05) is 12.1 Å². The molecule has 1 aliphatic rings. The Morgan fingerprint density at radius 1 is 1.25 bits per heavy atom. The Balaban J connectivity index is 1.67. The highest BCUT2D eigenvalue weighted by Gasteiger charge is 2.14. The van der Waals surface area contributed by atoms with E-state index in [9.17, 15) is 5.11 Å². The van der Waals surface area contributed by atoms with E-state index in [2.05, 4.69) is 27.8 Å². The van der Waals surface area contributed by atoms with Crippen LogP contribution >= 0.6 is 11.6 Å². The van der Waals surface area contributed by atoms with Crippen LogP contribution in [0.25, 0.3) is 22.0 Å². The number of hydrogen-bond donors (Lipinski definition) is 3. The molecule has 2 aromatic carbocycles. The van der Waals surface area contributed by atoms with Gasteiger partial charge in [-0.3, -0.25) is 4.98 Å². The van der Waals surface area contributed by atoms with Crippen LogP contribution in [0.4, 0.5) is 5.69 Å². The number of rotatable bonds is 5. The largest absolute Gasteiger partial charge is 0.503 e.